The van der Waals surface area contributed by atoms with Crippen LogP contribution in [0.4, 0.5) is 29.2 Å². The molecule has 0 saturated carbocycles. The SMILES string of the molecule is Fc1cccc2c(Nc3nc(-c4ccccc4C(F)(F)F)nc4ncncc34)n[nH]c12. The molecule has 5 aromatic rings. The molecule has 0 spiro atoms. The van der Waals surface area contributed by atoms with Gasteiger partial charge in [-0.05, 0) is 18.2 Å². The molecule has 7 nitrogen and oxygen atoms in total. The maximum Gasteiger partial charge on any atom is 0.417 e. The van der Waals surface area contributed by atoms with Crippen LogP contribution in [0, 0.1) is 5.82 Å². The van der Waals surface area contributed by atoms with Crippen molar-refractivity contribution in [3.8, 4) is 11.4 Å². The minimum atomic E-state index is -4.59. The van der Waals surface area contributed by atoms with Crippen molar-refractivity contribution in [1.29, 1.82) is 0 Å². The van der Waals surface area contributed by atoms with E-state index in [1.165, 1.54) is 42.9 Å². The van der Waals surface area contributed by atoms with E-state index in [2.05, 4.69) is 35.5 Å². The lowest BCUT2D eigenvalue weighted by molar-refractivity contribution is -0.137. The molecule has 2 N–H and O–H groups in total. The first-order valence-electron chi connectivity index (χ1n) is 8.96. The monoisotopic (exact) mass is 425 g/mol. The zero-order valence-electron chi connectivity index (χ0n) is 15.4. The first-order chi connectivity index (χ1) is 14.9. The van der Waals surface area contributed by atoms with E-state index in [0.717, 1.165) is 6.07 Å². The van der Waals surface area contributed by atoms with Crippen LogP contribution < -0.4 is 5.32 Å². The number of para-hydroxylation sites is 1. The number of aromatic nitrogens is 6. The Morgan fingerprint density at radius 3 is 2.58 bits per heavy atom. The van der Waals surface area contributed by atoms with Gasteiger partial charge in [0.05, 0.1) is 10.9 Å². The Morgan fingerprint density at radius 1 is 0.903 bits per heavy atom. The van der Waals surface area contributed by atoms with Crippen molar-refractivity contribution in [1.82, 2.24) is 30.1 Å². The summed E-state index contributed by atoms with van der Waals surface area (Å²) < 4.78 is 54.5. The van der Waals surface area contributed by atoms with Gasteiger partial charge in [0.1, 0.15) is 23.5 Å². The molecular formula is C20H11F4N7. The van der Waals surface area contributed by atoms with Crippen LogP contribution in [-0.2, 0) is 6.18 Å². The van der Waals surface area contributed by atoms with Gasteiger partial charge in [0.15, 0.2) is 17.3 Å². The second kappa shape index (κ2) is 6.97. The maximum atomic E-state index is 14.0. The number of hydrogen-bond donors (Lipinski definition) is 2. The summed E-state index contributed by atoms with van der Waals surface area (Å²) in [5, 5.41) is 10.4. The summed E-state index contributed by atoms with van der Waals surface area (Å²) in [6.45, 7) is 0. The molecule has 3 heterocycles. The van der Waals surface area contributed by atoms with Crippen LogP contribution in [0.5, 0.6) is 0 Å². The molecule has 0 aliphatic heterocycles. The molecule has 31 heavy (non-hydrogen) atoms. The molecule has 0 fully saturated rings. The van der Waals surface area contributed by atoms with Crippen molar-refractivity contribution >= 4 is 33.6 Å². The van der Waals surface area contributed by atoms with Crippen LogP contribution in [-0.4, -0.2) is 30.1 Å². The van der Waals surface area contributed by atoms with Gasteiger partial charge in [-0.2, -0.15) is 18.3 Å². The summed E-state index contributed by atoms with van der Waals surface area (Å²) in [6.07, 6.45) is -1.93. The highest BCUT2D eigenvalue weighted by atomic mass is 19.4. The van der Waals surface area contributed by atoms with E-state index < -0.39 is 17.6 Å². The lowest BCUT2D eigenvalue weighted by Gasteiger charge is -2.13. The number of fused-ring (bicyclic) bond motifs is 2. The van der Waals surface area contributed by atoms with Crippen molar-refractivity contribution < 1.29 is 17.6 Å². The van der Waals surface area contributed by atoms with E-state index in [9.17, 15) is 17.6 Å². The predicted octanol–water partition coefficient (Wildman–Crippen LogP) is 4.86. The smallest absolute Gasteiger partial charge is 0.322 e. The van der Waals surface area contributed by atoms with Crippen molar-refractivity contribution in [2.75, 3.05) is 5.32 Å². The molecule has 0 bridgehead atoms. The summed E-state index contributed by atoms with van der Waals surface area (Å²) in [5.74, 6) is -0.287. The molecule has 11 heteroatoms. The Kier molecular flexibility index (Phi) is 4.24. The Bertz CT molecular complexity index is 1430. The number of aromatic amines is 1. The third kappa shape index (κ3) is 3.29. The number of hydrogen-bond acceptors (Lipinski definition) is 6. The van der Waals surface area contributed by atoms with Gasteiger partial charge in [-0.25, -0.2) is 24.3 Å². The van der Waals surface area contributed by atoms with Crippen molar-refractivity contribution in [3.63, 3.8) is 0 Å². The summed E-state index contributed by atoms with van der Waals surface area (Å²) >= 11 is 0. The van der Waals surface area contributed by atoms with Gasteiger partial charge in [-0.15, -0.1) is 0 Å². The van der Waals surface area contributed by atoms with Crippen LogP contribution in [0.2, 0.25) is 0 Å². The molecule has 0 aliphatic rings. The van der Waals surface area contributed by atoms with Gasteiger partial charge in [-0.1, -0.05) is 24.3 Å². The average molecular weight is 425 g/mol. The van der Waals surface area contributed by atoms with Crippen molar-refractivity contribution in [2.24, 2.45) is 0 Å². The summed E-state index contributed by atoms with van der Waals surface area (Å²) in [7, 11) is 0. The zero-order valence-corrected chi connectivity index (χ0v) is 15.4. The average Bonchev–Trinajstić information content (AvgIpc) is 3.17. The minimum absolute atomic E-state index is 0.134. The number of anilines is 2. The molecule has 5 rings (SSSR count). The summed E-state index contributed by atoms with van der Waals surface area (Å²) in [6, 6.07) is 9.45. The fraction of sp³-hybridized carbons (Fsp3) is 0.0500. The topological polar surface area (TPSA) is 92.3 Å². The number of nitrogens with zero attached hydrogens (tertiary/aromatic N) is 5. The first kappa shape index (κ1) is 18.9. The number of benzene rings is 2. The van der Waals surface area contributed by atoms with Gasteiger partial charge < -0.3 is 5.32 Å². The van der Waals surface area contributed by atoms with E-state index in [4.69, 9.17) is 0 Å². The highest BCUT2D eigenvalue weighted by molar-refractivity contribution is 5.95. The minimum Gasteiger partial charge on any atom is -0.322 e. The van der Waals surface area contributed by atoms with Gasteiger partial charge >= 0.3 is 6.18 Å². The molecule has 0 amide bonds. The van der Waals surface area contributed by atoms with Crippen LogP contribution in [0.3, 0.4) is 0 Å². The van der Waals surface area contributed by atoms with Crippen LogP contribution >= 0.6 is 0 Å². The summed E-state index contributed by atoms with van der Waals surface area (Å²) in [5.41, 5.74) is -0.745. The van der Waals surface area contributed by atoms with E-state index in [-0.39, 0.29) is 34.2 Å². The Morgan fingerprint density at radius 2 is 1.74 bits per heavy atom. The van der Waals surface area contributed by atoms with Gasteiger partial charge in [0.25, 0.3) is 0 Å². The lowest BCUT2D eigenvalue weighted by atomic mass is 10.1. The first-order valence-corrected chi connectivity index (χ1v) is 8.96. The fourth-order valence-corrected chi connectivity index (χ4v) is 3.23. The van der Waals surface area contributed by atoms with Crippen LogP contribution in [0.25, 0.3) is 33.3 Å². The quantitative estimate of drug-likeness (QED) is 0.401. The molecule has 0 radical (unpaired) electrons. The molecule has 2 aromatic carbocycles. The molecule has 154 valence electrons. The second-order valence-electron chi connectivity index (χ2n) is 6.56. The number of halogens is 4. The third-order valence-corrected chi connectivity index (χ3v) is 4.63. The van der Waals surface area contributed by atoms with E-state index in [1.54, 1.807) is 6.07 Å². The van der Waals surface area contributed by atoms with Gasteiger partial charge in [0.2, 0.25) is 0 Å². The molecular weight excluding hydrogens is 414 g/mol. The third-order valence-electron chi connectivity index (χ3n) is 4.63. The number of nitrogens with one attached hydrogen (secondary N) is 2. The molecule has 3 aromatic heterocycles. The Labute approximate surface area is 171 Å². The van der Waals surface area contributed by atoms with Crippen molar-refractivity contribution in [2.45, 2.75) is 6.18 Å². The van der Waals surface area contributed by atoms with Crippen molar-refractivity contribution in [3.05, 3.63) is 66.4 Å². The number of rotatable bonds is 3. The largest absolute Gasteiger partial charge is 0.417 e. The highest BCUT2D eigenvalue weighted by Gasteiger charge is 2.34. The normalized spacial score (nSPS) is 11.9. The number of H-pyrrole nitrogens is 1. The van der Waals surface area contributed by atoms with Crippen LogP contribution in [0.1, 0.15) is 5.56 Å². The second-order valence-corrected chi connectivity index (χ2v) is 6.56. The van der Waals surface area contributed by atoms with Crippen LogP contribution in [0.15, 0.2) is 55.0 Å². The van der Waals surface area contributed by atoms with E-state index in [1.807, 2.05) is 0 Å². The molecule has 0 unspecified atom stereocenters. The number of alkyl halides is 3. The van der Waals surface area contributed by atoms with Gasteiger partial charge in [0, 0.05) is 17.1 Å². The van der Waals surface area contributed by atoms with E-state index in [0.29, 0.717) is 10.8 Å². The predicted molar refractivity (Wildman–Crippen MR) is 105 cm³/mol. The standard InChI is InChI=1S/C20H11F4N7/c21-14-7-3-5-11-15(14)30-31-19(11)29-18-12-8-25-9-26-16(12)27-17(28-18)10-4-1-2-6-13(10)20(22,23)24/h1-9H,(H2,25,26,27,28,29,30,31). The molecule has 0 saturated heterocycles. The zero-order chi connectivity index (χ0) is 21.6. The van der Waals surface area contributed by atoms with E-state index >= 15 is 0 Å². The highest BCUT2D eigenvalue weighted by Crippen LogP contribution is 2.37. The Balaban J connectivity index is 1.70. The fourth-order valence-electron chi connectivity index (χ4n) is 3.23. The maximum absolute atomic E-state index is 14.0. The molecule has 0 aliphatic carbocycles. The van der Waals surface area contributed by atoms with Gasteiger partial charge in [-0.3, -0.25) is 5.10 Å². The molecule has 0 atom stereocenters. The Hall–Kier alpha value is -4.15. The lowest BCUT2D eigenvalue weighted by Crippen LogP contribution is -2.09. The summed E-state index contributed by atoms with van der Waals surface area (Å²) in [4.78, 5) is 16.5.